The summed E-state index contributed by atoms with van der Waals surface area (Å²) in [5.74, 6) is 1.88. The van der Waals surface area contributed by atoms with Gasteiger partial charge in [0.2, 0.25) is 0 Å². The Morgan fingerprint density at radius 2 is 1.85 bits per heavy atom. The third kappa shape index (κ3) is 5.01. The lowest BCUT2D eigenvalue weighted by Gasteiger charge is -2.05. The van der Waals surface area contributed by atoms with E-state index in [1.807, 2.05) is 18.2 Å². The van der Waals surface area contributed by atoms with Crippen LogP contribution < -0.4 is 5.32 Å². The van der Waals surface area contributed by atoms with Crippen molar-refractivity contribution in [2.24, 2.45) is 5.92 Å². The Morgan fingerprint density at radius 3 is 2.65 bits per heavy atom. The Bertz CT molecular complexity index is 468. The maximum absolute atomic E-state index is 5.78. The molecule has 0 spiro atoms. The Kier molecular flexibility index (Phi) is 6.13. The first-order valence-electron chi connectivity index (χ1n) is 7.94. The molecule has 0 atom stereocenters. The summed E-state index contributed by atoms with van der Waals surface area (Å²) in [5.41, 5.74) is 0.984. The summed E-state index contributed by atoms with van der Waals surface area (Å²) in [7, 11) is 0. The maximum Gasteiger partial charge on any atom is 0.134 e. The van der Waals surface area contributed by atoms with Crippen LogP contribution in [0.4, 0.5) is 0 Å². The number of para-hydroxylation sites is 1. The summed E-state index contributed by atoms with van der Waals surface area (Å²) in [6, 6.07) is 10.3. The highest BCUT2D eigenvalue weighted by molar-refractivity contribution is 5.77. The lowest BCUT2D eigenvalue weighted by molar-refractivity contribution is 0.491. The molecule has 0 radical (unpaired) electrons. The molecule has 2 rings (SSSR count). The van der Waals surface area contributed by atoms with E-state index in [1.165, 1.54) is 37.5 Å². The molecule has 1 heterocycles. The highest BCUT2D eigenvalue weighted by Crippen LogP contribution is 2.18. The third-order valence-electron chi connectivity index (χ3n) is 3.66. The van der Waals surface area contributed by atoms with E-state index in [4.69, 9.17) is 4.42 Å². The fourth-order valence-electron chi connectivity index (χ4n) is 2.49. The van der Waals surface area contributed by atoms with Gasteiger partial charge in [0.15, 0.2) is 0 Å². The minimum atomic E-state index is 0.834. The molecule has 2 heteroatoms. The van der Waals surface area contributed by atoms with Gasteiger partial charge in [-0.05, 0) is 31.0 Å². The lowest BCUT2D eigenvalue weighted by atomic mass is 10.0. The Morgan fingerprint density at radius 1 is 1.05 bits per heavy atom. The van der Waals surface area contributed by atoms with E-state index in [0.29, 0.717) is 0 Å². The second-order valence-electron chi connectivity index (χ2n) is 6.02. The molecule has 0 bridgehead atoms. The van der Waals surface area contributed by atoms with Crippen LogP contribution in [0, 0.1) is 5.92 Å². The molecule has 0 unspecified atom stereocenters. The Labute approximate surface area is 122 Å². The van der Waals surface area contributed by atoms with Gasteiger partial charge in [-0.1, -0.05) is 57.7 Å². The summed E-state index contributed by atoms with van der Waals surface area (Å²) < 4.78 is 5.78. The topological polar surface area (TPSA) is 25.2 Å². The van der Waals surface area contributed by atoms with Crippen molar-refractivity contribution >= 4 is 11.0 Å². The van der Waals surface area contributed by atoms with Crippen LogP contribution in [0.25, 0.3) is 11.0 Å². The van der Waals surface area contributed by atoms with Crippen molar-refractivity contribution in [3.63, 3.8) is 0 Å². The standard InChI is InChI=1S/C18H27NO/c1-15(2)9-5-3-4-8-12-19-14-17-13-16-10-6-7-11-18(16)20-17/h6-7,10-11,13,15,19H,3-5,8-9,12,14H2,1-2H3. The average Bonchev–Trinajstić information content (AvgIpc) is 2.84. The molecule has 20 heavy (non-hydrogen) atoms. The lowest BCUT2D eigenvalue weighted by Crippen LogP contribution is -2.14. The molecule has 0 aliphatic carbocycles. The van der Waals surface area contributed by atoms with Crippen molar-refractivity contribution in [1.29, 1.82) is 0 Å². The highest BCUT2D eigenvalue weighted by Gasteiger charge is 2.02. The van der Waals surface area contributed by atoms with Gasteiger partial charge < -0.3 is 9.73 Å². The highest BCUT2D eigenvalue weighted by atomic mass is 16.3. The minimum Gasteiger partial charge on any atom is -0.460 e. The van der Waals surface area contributed by atoms with Crippen LogP contribution in [-0.2, 0) is 6.54 Å². The molecule has 2 aromatic rings. The molecule has 1 aromatic carbocycles. The van der Waals surface area contributed by atoms with E-state index in [0.717, 1.165) is 30.4 Å². The quantitative estimate of drug-likeness (QED) is 0.641. The van der Waals surface area contributed by atoms with E-state index in [-0.39, 0.29) is 0 Å². The van der Waals surface area contributed by atoms with Gasteiger partial charge in [-0.25, -0.2) is 0 Å². The molecule has 0 saturated carbocycles. The van der Waals surface area contributed by atoms with Crippen LogP contribution in [0.15, 0.2) is 34.7 Å². The second-order valence-corrected chi connectivity index (χ2v) is 6.02. The van der Waals surface area contributed by atoms with Gasteiger partial charge in [0.25, 0.3) is 0 Å². The largest absolute Gasteiger partial charge is 0.460 e. The SMILES string of the molecule is CC(C)CCCCCCNCc1cc2ccccc2o1. The van der Waals surface area contributed by atoms with Crippen LogP contribution in [0.2, 0.25) is 0 Å². The monoisotopic (exact) mass is 273 g/mol. The molecule has 0 saturated heterocycles. The van der Waals surface area contributed by atoms with E-state index in [9.17, 15) is 0 Å². The van der Waals surface area contributed by atoms with Gasteiger partial charge in [0, 0.05) is 5.39 Å². The maximum atomic E-state index is 5.78. The number of hydrogen-bond acceptors (Lipinski definition) is 2. The second kappa shape index (κ2) is 8.11. The Balaban J connectivity index is 1.57. The van der Waals surface area contributed by atoms with Crippen molar-refractivity contribution in [2.45, 2.75) is 52.5 Å². The molecule has 1 N–H and O–H groups in total. The molecule has 2 nitrogen and oxygen atoms in total. The van der Waals surface area contributed by atoms with E-state index < -0.39 is 0 Å². The zero-order valence-electron chi connectivity index (χ0n) is 12.8. The molecule has 0 amide bonds. The number of hydrogen-bond donors (Lipinski definition) is 1. The van der Waals surface area contributed by atoms with Gasteiger partial charge in [0.1, 0.15) is 11.3 Å². The first-order chi connectivity index (χ1) is 9.75. The normalized spacial score (nSPS) is 11.6. The van der Waals surface area contributed by atoms with Crippen LogP contribution in [-0.4, -0.2) is 6.54 Å². The zero-order chi connectivity index (χ0) is 14.2. The molecule has 0 aliphatic rings. The number of benzene rings is 1. The van der Waals surface area contributed by atoms with E-state index in [2.05, 4.69) is 31.3 Å². The predicted octanol–water partition coefficient (Wildman–Crippen LogP) is 5.13. The van der Waals surface area contributed by atoms with Crippen molar-refractivity contribution in [2.75, 3.05) is 6.54 Å². The molecule has 0 fully saturated rings. The van der Waals surface area contributed by atoms with Gasteiger partial charge in [0.05, 0.1) is 6.54 Å². The third-order valence-corrected chi connectivity index (χ3v) is 3.66. The number of fused-ring (bicyclic) bond motifs is 1. The number of unbranched alkanes of at least 4 members (excludes halogenated alkanes) is 3. The molecule has 1 aromatic heterocycles. The fraction of sp³-hybridized carbons (Fsp3) is 0.556. The van der Waals surface area contributed by atoms with Crippen LogP contribution in [0.5, 0.6) is 0 Å². The van der Waals surface area contributed by atoms with E-state index >= 15 is 0 Å². The number of furan rings is 1. The van der Waals surface area contributed by atoms with Gasteiger partial charge in [-0.15, -0.1) is 0 Å². The van der Waals surface area contributed by atoms with Crippen LogP contribution in [0.1, 0.15) is 51.7 Å². The summed E-state index contributed by atoms with van der Waals surface area (Å²) in [6.07, 6.45) is 6.70. The van der Waals surface area contributed by atoms with Crippen LogP contribution in [0.3, 0.4) is 0 Å². The summed E-state index contributed by atoms with van der Waals surface area (Å²) in [6.45, 7) is 6.52. The van der Waals surface area contributed by atoms with Gasteiger partial charge >= 0.3 is 0 Å². The molecular formula is C18H27NO. The average molecular weight is 273 g/mol. The smallest absolute Gasteiger partial charge is 0.134 e. The predicted molar refractivity (Wildman–Crippen MR) is 85.8 cm³/mol. The van der Waals surface area contributed by atoms with Crippen molar-refractivity contribution in [3.8, 4) is 0 Å². The van der Waals surface area contributed by atoms with Crippen molar-refractivity contribution in [1.82, 2.24) is 5.32 Å². The molecular weight excluding hydrogens is 246 g/mol. The fourth-order valence-corrected chi connectivity index (χ4v) is 2.49. The zero-order valence-corrected chi connectivity index (χ0v) is 12.8. The van der Waals surface area contributed by atoms with Crippen LogP contribution >= 0.6 is 0 Å². The first kappa shape index (κ1) is 15.1. The summed E-state index contributed by atoms with van der Waals surface area (Å²) in [5, 5.41) is 4.66. The summed E-state index contributed by atoms with van der Waals surface area (Å²) in [4.78, 5) is 0. The molecule has 110 valence electrons. The van der Waals surface area contributed by atoms with Gasteiger partial charge in [-0.3, -0.25) is 0 Å². The van der Waals surface area contributed by atoms with E-state index in [1.54, 1.807) is 0 Å². The number of nitrogens with one attached hydrogen (secondary N) is 1. The van der Waals surface area contributed by atoms with Crippen molar-refractivity contribution in [3.05, 3.63) is 36.1 Å². The number of rotatable bonds is 9. The minimum absolute atomic E-state index is 0.834. The van der Waals surface area contributed by atoms with Gasteiger partial charge in [-0.2, -0.15) is 0 Å². The Hall–Kier alpha value is -1.28. The molecule has 0 aliphatic heterocycles. The summed E-state index contributed by atoms with van der Waals surface area (Å²) >= 11 is 0. The van der Waals surface area contributed by atoms with Crippen molar-refractivity contribution < 1.29 is 4.42 Å². The first-order valence-corrected chi connectivity index (χ1v) is 7.94.